The Balaban J connectivity index is 2.18. The van der Waals surface area contributed by atoms with E-state index < -0.39 is 5.97 Å². The summed E-state index contributed by atoms with van der Waals surface area (Å²) in [5, 5.41) is 8.45. The lowest BCUT2D eigenvalue weighted by atomic mass is 10.1. The number of hydrogen-bond acceptors (Lipinski definition) is 5. The molecule has 1 heterocycles. The third-order valence-corrected chi connectivity index (χ3v) is 2.56. The molecule has 0 aromatic rings. The number of carbonyl (C=O) groups excluding carboxylic acids is 1. The molecule has 0 aromatic heterocycles. The highest BCUT2D eigenvalue weighted by Crippen LogP contribution is 2.13. The second-order valence-corrected chi connectivity index (χ2v) is 3.76. The minimum atomic E-state index is -0.947. The van der Waals surface area contributed by atoms with E-state index in [1.807, 2.05) is 4.90 Å². The standard InChI is InChI=1S/C10H17NO5/c1-15-10(14)6-11-4-2-8(3-5-11)16-7-9(12)13/h8H,2-7H2,1H3,(H,12,13). The summed E-state index contributed by atoms with van der Waals surface area (Å²) in [7, 11) is 1.37. The van der Waals surface area contributed by atoms with E-state index in [-0.39, 0.29) is 18.7 Å². The summed E-state index contributed by atoms with van der Waals surface area (Å²) < 4.78 is 9.75. The van der Waals surface area contributed by atoms with Gasteiger partial charge in [0.25, 0.3) is 0 Å². The summed E-state index contributed by atoms with van der Waals surface area (Å²) >= 11 is 0. The van der Waals surface area contributed by atoms with Gasteiger partial charge in [0.15, 0.2) is 0 Å². The zero-order valence-corrected chi connectivity index (χ0v) is 9.35. The smallest absolute Gasteiger partial charge is 0.329 e. The number of aliphatic carboxylic acids is 1. The quantitative estimate of drug-likeness (QED) is 0.656. The predicted octanol–water partition coefficient (Wildman–Crippen LogP) is -0.275. The number of ether oxygens (including phenoxy) is 2. The van der Waals surface area contributed by atoms with E-state index in [1.165, 1.54) is 7.11 Å². The zero-order chi connectivity index (χ0) is 12.0. The van der Waals surface area contributed by atoms with E-state index >= 15 is 0 Å². The molecule has 0 aliphatic carbocycles. The van der Waals surface area contributed by atoms with Gasteiger partial charge in [-0.15, -0.1) is 0 Å². The maximum absolute atomic E-state index is 11.0. The topological polar surface area (TPSA) is 76.1 Å². The fraction of sp³-hybridized carbons (Fsp3) is 0.800. The lowest BCUT2D eigenvalue weighted by Crippen LogP contribution is -2.40. The van der Waals surface area contributed by atoms with Crippen molar-refractivity contribution in [3.8, 4) is 0 Å². The molecule has 0 bridgehead atoms. The summed E-state index contributed by atoms with van der Waals surface area (Å²) in [6.07, 6.45) is 1.50. The molecule has 1 aliphatic rings. The van der Waals surface area contributed by atoms with Crippen LogP contribution >= 0.6 is 0 Å². The predicted molar refractivity (Wildman–Crippen MR) is 55.1 cm³/mol. The van der Waals surface area contributed by atoms with Gasteiger partial charge in [0.1, 0.15) is 6.61 Å². The van der Waals surface area contributed by atoms with E-state index in [4.69, 9.17) is 9.84 Å². The SMILES string of the molecule is COC(=O)CN1CCC(OCC(=O)O)CC1. The van der Waals surface area contributed by atoms with Gasteiger partial charge in [-0.1, -0.05) is 0 Å². The molecule has 1 N–H and O–H groups in total. The van der Waals surface area contributed by atoms with Gasteiger partial charge in [0.05, 0.1) is 19.8 Å². The number of nitrogens with zero attached hydrogens (tertiary/aromatic N) is 1. The molecule has 0 aromatic carbocycles. The average molecular weight is 231 g/mol. The number of carboxylic acids is 1. The molecule has 92 valence electrons. The Morgan fingerprint density at radius 1 is 1.38 bits per heavy atom. The van der Waals surface area contributed by atoms with Crippen LogP contribution in [0, 0.1) is 0 Å². The normalized spacial score (nSPS) is 18.3. The number of piperidine rings is 1. The Labute approximate surface area is 94.1 Å². The van der Waals surface area contributed by atoms with Crippen molar-refractivity contribution in [2.75, 3.05) is 33.4 Å². The van der Waals surface area contributed by atoms with Crippen molar-refractivity contribution in [2.45, 2.75) is 18.9 Å². The van der Waals surface area contributed by atoms with E-state index in [0.29, 0.717) is 6.54 Å². The fourth-order valence-electron chi connectivity index (χ4n) is 1.67. The summed E-state index contributed by atoms with van der Waals surface area (Å²) in [5.41, 5.74) is 0. The Morgan fingerprint density at radius 3 is 2.50 bits per heavy atom. The number of likely N-dealkylation sites (tertiary alicyclic amines) is 1. The maximum atomic E-state index is 11.0. The molecule has 1 aliphatic heterocycles. The second kappa shape index (κ2) is 6.44. The number of carbonyl (C=O) groups is 2. The van der Waals surface area contributed by atoms with Crippen LogP contribution in [-0.2, 0) is 19.1 Å². The molecule has 1 saturated heterocycles. The average Bonchev–Trinajstić information content (AvgIpc) is 2.28. The van der Waals surface area contributed by atoms with Crippen molar-refractivity contribution < 1.29 is 24.2 Å². The van der Waals surface area contributed by atoms with E-state index in [2.05, 4.69) is 4.74 Å². The molecular weight excluding hydrogens is 214 g/mol. The summed E-state index contributed by atoms with van der Waals surface area (Å²) in [4.78, 5) is 23.3. The zero-order valence-electron chi connectivity index (χ0n) is 9.35. The molecule has 0 radical (unpaired) electrons. The minimum Gasteiger partial charge on any atom is -0.480 e. The summed E-state index contributed by atoms with van der Waals surface area (Å²) in [5.74, 6) is -1.19. The number of methoxy groups -OCH3 is 1. The first kappa shape index (κ1) is 12.9. The van der Waals surface area contributed by atoms with E-state index in [9.17, 15) is 9.59 Å². The lowest BCUT2D eigenvalue weighted by Gasteiger charge is -2.30. The van der Waals surface area contributed by atoms with Gasteiger partial charge in [0, 0.05) is 13.1 Å². The molecule has 0 spiro atoms. The fourth-order valence-corrected chi connectivity index (χ4v) is 1.67. The van der Waals surface area contributed by atoms with Crippen LogP contribution in [-0.4, -0.2) is 61.4 Å². The van der Waals surface area contributed by atoms with Crippen LogP contribution in [0.5, 0.6) is 0 Å². The molecule has 16 heavy (non-hydrogen) atoms. The molecule has 6 heteroatoms. The van der Waals surface area contributed by atoms with Gasteiger partial charge in [-0.05, 0) is 12.8 Å². The summed E-state index contributed by atoms with van der Waals surface area (Å²) in [6.45, 7) is 1.52. The van der Waals surface area contributed by atoms with Crippen LogP contribution < -0.4 is 0 Å². The molecule has 0 unspecified atom stereocenters. The monoisotopic (exact) mass is 231 g/mol. The highest BCUT2D eigenvalue weighted by Gasteiger charge is 2.21. The Kier molecular flexibility index (Phi) is 5.21. The van der Waals surface area contributed by atoms with Crippen molar-refractivity contribution >= 4 is 11.9 Å². The van der Waals surface area contributed by atoms with Crippen LogP contribution in [0.4, 0.5) is 0 Å². The Morgan fingerprint density at radius 2 is 2.00 bits per heavy atom. The highest BCUT2D eigenvalue weighted by atomic mass is 16.5. The molecule has 1 rings (SSSR count). The van der Waals surface area contributed by atoms with Gasteiger partial charge in [-0.3, -0.25) is 9.69 Å². The van der Waals surface area contributed by atoms with Gasteiger partial charge in [0.2, 0.25) is 0 Å². The van der Waals surface area contributed by atoms with Crippen molar-refractivity contribution in [2.24, 2.45) is 0 Å². The molecule has 0 amide bonds. The van der Waals surface area contributed by atoms with Gasteiger partial charge in [-0.2, -0.15) is 0 Å². The third-order valence-electron chi connectivity index (χ3n) is 2.56. The van der Waals surface area contributed by atoms with E-state index in [0.717, 1.165) is 25.9 Å². The molecule has 0 saturated carbocycles. The first-order chi connectivity index (χ1) is 7.61. The van der Waals surface area contributed by atoms with Crippen molar-refractivity contribution in [1.29, 1.82) is 0 Å². The third kappa shape index (κ3) is 4.59. The largest absolute Gasteiger partial charge is 0.480 e. The van der Waals surface area contributed by atoms with Crippen LogP contribution in [0.1, 0.15) is 12.8 Å². The highest BCUT2D eigenvalue weighted by molar-refractivity contribution is 5.71. The molecule has 6 nitrogen and oxygen atoms in total. The maximum Gasteiger partial charge on any atom is 0.329 e. The summed E-state index contributed by atoms with van der Waals surface area (Å²) in [6, 6.07) is 0. The Bertz CT molecular complexity index is 248. The first-order valence-electron chi connectivity index (χ1n) is 5.24. The van der Waals surface area contributed by atoms with Crippen LogP contribution in [0.2, 0.25) is 0 Å². The van der Waals surface area contributed by atoms with Crippen molar-refractivity contribution in [3.05, 3.63) is 0 Å². The Hall–Kier alpha value is -1.14. The van der Waals surface area contributed by atoms with Gasteiger partial charge >= 0.3 is 11.9 Å². The van der Waals surface area contributed by atoms with Crippen LogP contribution in [0.15, 0.2) is 0 Å². The van der Waals surface area contributed by atoms with Crippen LogP contribution in [0.3, 0.4) is 0 Å². The number of rotatable bonds is 5. The van der Waals surface area contributed by atoms with Gasteiger partial charge < -0.3 is 14.6 Å². The van der Waals surface area contributed by atoms with E-state index in [1.54, 1.807) is 0 Å². The number of hydrogen-bond donors (Lipinski definition) is 1. The first-order valence-corrected chi connectivity index (χ1v) is 5.24. The minimum absolute atomic E-state index is 0.00926. The molecular formula is C10H17NO5. The second-order valence-electron chi connectivity index (χ2n) is 3.76. The number of esters is 1. The molecule has 0 atom stereocenters. The van der Waals surface area contributed by atoms with Crippen LogP contribution in [0.25, 0.3) is 0 Å². The number of carboxylic acid groups (broad SMARTS) is 1. The molecule has 1 fully saturated rings. The van der Waals surface area contributed by atoms with Gasteiger partial charge in [-0.25, -0.2) is 4.79 Å². The van der Waals surface area contributed by atoms with Crippen molar-refractivity contribution in [3.63, 3.8) is 0 Å². The van der Waals surface area contributed by atoms with Crippen molar-refractivity contribution in [1.82, 2.24) is 4.90 Å². The lowest BCUT2D eigenvalue weighted by molar-refractivity contribution is -0.145.